The van der Waals surface area contributed by atoms with Crippen molar-refractivity contribution in [2.24, 2.45) is 5.92 Å². The van der Waals surface area contributed by atoms with Gasteiger partial charge in [0.05, 0.1) is 24.2 Å². The summed E-state index contributed by atoms with van der Waals surface area (Å²) in [6, 6.07) is 22.1. The van der Waals surface area contributed by atoms with Gasteiger partial charge in [0.25, 0.3) is 0 Å². The maximum atomic E-state index is 8.24. The van der Waals surface area contributed by atoms with Gasteiger partial charge in [-0.3, -0.25) is 0 Å². The molecule has 1 saturated carbocycles. The van der Waals surface area contributed by atoms with Crippen molar-refractivity contribution >= 4 is 28.2 Å². The van der Waals surface area contributed by atoms with E-state index in [0.717, 1.165) is 0 Å². The van der Waals surface area contributed by atoms with E-state index in [9.17, 15) is 0 Å². The molecule has 1 fully saturated rings. The van der Waals surface area contributed by atoms with E-state index in [1.54, 1.807) is 0 Å². The van der Waals surface area contributed by atoms with Crippen molar-refractivity contribution in [3.8, 4) is 0 Å². The second-order valence-electron chi connectivity index (χ2n) is 6.14. The number of halogens is 1. The summed E-state index contributed by atoms with van der Waals surface area (Å²) >= 11 is 1.82. The zero-order chi connectivity index (χ0) is 16.7. The fourth-order valence-electron chi connectivity index (χ4n) is 3.78. The van der Waals surface area contributed by atoms with Gasteiger partial charge in [0, 0.05) is 0 Å². The minimum atomic E-state index is -0.790. The monoisotopic (exact) mass is 449 g/mol. The number of benzene rings is 2. The van der Waals surface area contributed by atoms with Gasteiger partial charge in [-0.15, -0.1) is 6.04 Å². The van der Waals surface area contributed by atoms with Crippen LogP contribution in [0.4, 0.5) is 0 Å². The van der Waals surface area contributed by atoms with Crippen molar-refractivity contribution in [1.82, 2.24) is 0 Å². The molecule has 24 heavy (non-hydrogen) atoms. The fraction of sp³-hybridized carbons (Fsp3) is 0.350. The van der Waals surface area contributed by atoms with Crippen molar-refractivity contribution in [1.29, 1.82) is 0 Å². The van der Waals surface area contributed by atoms with Crippen LogP contribution >= 0.6 is 17.6 Å². The van der Waals surface area contributed by atoms with Crippen LogP contribution in [0.1, 0.15) is 26.2 Å². The Morgan fingerprint density at radius 2 is 1.42 bits per heavy atom. The summed E-state index contributed by atoms with van der Waals surface area (Å²) in [7, 11) is 3.78. The molecule has 1 N–H and O–H groups in total. The van der Waals surface area contributed by atoms with Crippen molar-refractivity contribution < 1.29 is 17.3 Å². The molecular formula is C20H27ClNPRu+. The van der Waals surface area contributed by atoms with E-state index in [2.05, 4.69) is 77.3 Å². The number of hydrogen-bond acceptors (Lipinski definition) is 0. The van der Waals surface area contributed by atoms with Crippen LogP contribution in [0.25, 0.3) is 5.73 Å². The Kier molecular flexibility index (Phi) is 10.3. The number of nitrogens with one attached hydrogen (secondary N) is 1. The fourth-order valence-corrected chi connectivity index (χ4v) is 7.44. The molecule has 3 rings (SSSR count). The second kappa shape index (κ2) is 11.4. The van der Waals surface area contributed by atoms with Gasteiger partial charge in [-0.1, -0.05) is 43.3 Å². The summed E-state index contributed by atoms with van der Waals surface area (Å²) in [5, 5.41) is 3.01. The molecule has 1 aliphatic rings. The topological polar surface area (TPSA) is 23.8 Å². The Labute approximate surface area is 162 Å². The Hall–Kier alpha value is -0.257. The molecule has 4 heteroatoms. The molecule has 0 aliphatic heterocycles. The first kappa shape index (κ1) is 21.8. The first-order valence-electron chi connectivity index (χ1n) is 8.09. The molecule has 2 aromatic carbocycles. The molecule has 0 bridgehead atoms. The Morgan fingerprint density at radius 1 is 0.958 bits per heavy atom. The van der Waals surface area contributed by atoms with Gasteiger partial charge in [-0.05, 0) is 49.4 Å². The SMILES string of the molecule is C[C@H]([NH-])C1CCCC1[PH+](c1ccccc1)c1ccccc1.[CH3-].[Cl][Ru+2]. The van der Waals surface area contributed by atoms with Gasteiger partial charge in [-0.2, -0.15) is 0 Å². The third kappa shape index (κ3) is 5.37. The van der Waals surface area contributed by atoms with Gasteiger partial charge in [0.1, 0.15) is 0 Å². The summed E-state index contributed by atoms with van der Waals surface area (Å²) in [5.41, 5.74) is 8.94. The van der Waals surface area contributed by atoms with Gasteiger partial charge in [0.15, 0.2) is 0 Å². The van der Waals surface area contributed by atoms with Crippen LogP contribution in [0.5, 0.6) is 0 Å². The van der Waals surface area contributed by atoms with E-state index in [1.165, 1.54) is 29.9 Å². The Morgan fingerprint density at radius 3 is 1.83 bits per heavy atom. The first-order chi connectivity index (χ1) is 11.3. The van der Waals surface area contributed by atoms with Crippen molar-refractivity contribution in [3.63, 3.8) is 0 Å². The van der Waals surface area contributed by atoms with Crippen LogP contribution in [0.15, 0.2) is 60.7 Å². The average Bonchev–Trinajstić information content (AvgIpc) is 3.08. The molecule has 0 aromatic heterocycles. The molecule has 3 atom stereocenters. The van der Waals surface area contributed by atoms with Gasteiger partial charge in [-0.25, -0.2) is 0 Å². The van der Waals surface area contributed by atoms with E-state index >= 15 is 0 Å². The molecular weight excluding hydrogens is 422 g/mol. The molecule has 0 amide bonds. The Bertz CT molecular complexity index is 525. The third-order valence-corrected chi connectivity index (χ3v) is 8.12. The van der Waals surface area contributed by atoms with Crippen LogP contribution in [0.3, 0.4) is 0 Å². The summed E-state index contributed by atoms with van der Waals surface area (Å²) < 4.78 is 0. The molecule has 2 aromatic rings. The molecule has 1 nitrogen and oxygen atoms in total. The third-order valence-electron chi connectivity index (χ3n) is 4.75. The van der Waals surface area contributed by atoms with Crippen molar-refractivity contribution in [2.75, 3.05) is 0 Å². The van der Waals surface area contributed by atoms with Crippen LogP contribution < -0.4 is 10.6 Å². The molecule has 0 heterocycles. The first-order valence-corrected chi connectivity index (χ1v) is 11.9. The number of hydrogen-bond donors (Lipinski definition) is 0. The standard InChI is InChI=1S/C19H23NP.CH3.ClH.Ru/c1-15(20)18-13-8-14-19(18)21(16-9-4-2-5-10-16)17-11-6-3-7-12-17;;;/h2-7,9-12,15,18-20H,8,13-14H2,1H3;1H3;1H;/q2*-1;;+3/t15-,18?,19?;;;/m0.../s1. The van der Waals surface area contributed by atoms with Crippen molar-refractivity contribution in [3.05, 3.63) is 73.8 Å². The quantitative estimate of drug-likeness (QED) is 0.330. The van der Waals surface area contributed by atoms with Crippen molar-refractivity contribution in [2.45, 2.75) is 37.9 Å². The second-order valence-corrected chi connectivity index (χ2v) is 8.86. The predicted molar refractivity (Wildman–Crippen MR) is 108 cm³/mol. The van der Waals surface area contributed by atoms with Crippen LogP contribution in [0, 0.1) is 13.3 Å². The molecule has 1 aliphatic carbocycles. The average molecular weight is 449 g/mol. The van der Waals surface area contributed by atoms with Gasteiger partial charge >= 0.3 is 27.0 Å². The minimum absolute atomic E-state index is 0. The molecule has 2 unspecified atom stereocenters. The summed E-state index contributed by atoms with van der Waals surface area (Å²) in [6.07, 6.45) is 3.83. The normalized spacial score (nSPS) is 20.7. The Balaban J connectivity index is 0.000000925. The summed E-state index contributed by atoms with van der Waals surface area (Å²) in [5.74, 6) is 0.569. The molecule has 0 saturated heterocycles. The van der Waals surface area contributed by atoms with Gasteiger partial charge < -0.3 is 13.2 Å². The van der Waals surface area contributed by atoms with E-state index in [4.69, 9.17) is 5.73 Å². The zero-order valence-corrected chi connectivity index (χ0v) is 17.9. The van der Waals surface area contributed by atoms with E-state index in [0.29, 0.717) is 11.6 Å². The van der Waals surface area contributed by atoms with Crippen LogP contribution in [-0.4, -0.2) is 11.7 Å². The zero-order valence-electron chi connectivity index (χ0n) is 14.4. The molecule has 0 spiro atoms. The summed E-state index contributed by atoms with van der Waals surface area (Å²) in [6.45, 7) is 2.08. The van der Waals surface area contributed by atoms with E-state index < -0.39 is 7.92 Å². The van der Waals surface area contributed by atoms with Gasteiger partial charge in [0.2, 0.25) is 0 Å². The van der Waals surface area contributed by atoms with E-state index in [1.807, 2.05) is 17.3 Å². The molecule has 0 radical (unpaired) electrons. The maximum absolute atomic E-state index is 8.24. The van der Waals surface area contributed by atoms with Crippen LogP contribution in [0.2, 0.25) is 0 Å². The van der Waals surface area contributed by atoms with Crippen LogP contribution in [-0.2, 0) is 17.3 Å². The predicted octanol–water partition coefficient (Wildman–Crippen LogP) is 5.60. The number of rotatable bonds is 4. The van der Waals surface area contributed by atoms with E-state index in [-0.39, 0.29) is 13.5 Å². The molecule has 131 valence electrons. The summed E-state index contributed by atoms with van der Waals surface area (Å²) in [4.78, 5) is 0.